The number of rotatable bonds is 7. The number of methoxy groups -OCH3 is 1. The number of aliphatic hydroxyl groups excluding tert-OH is 1. The molecule has 2 heterocycles. The van der Waals surface area contributed by atoms with Crippen LogP contribution >= 0.6 is 0 Å². The van der Waals surface area contributed by atoms with E-state index < -0.39 is 0 Å². The average Bonchev–Trinajstić information content (AvgIpc) is 3.15. The minimum Gasteiger partial charge on any atom is -0.396 e. The summed E-state index contributed by atoms with van der Waals surface area (Å²) in [6, 6.07) is 8.23. The Morgan fingerprint density at radius 3 is 2.84 bits per heavy atom. The van der Waals surface area contributed by atoms with Gasteiger partial charge in [-0.1, -0.05) is 17.3 Å². The van der Waals surface area contributed by atoms with Crippen LogP contribution in [0.25, 0.3) is 0 Å². The van der Waals surface area contributed by atoms with Gasteiger partial charge in [0.05, 0.1) is 17.9 Å². The molecule has 0 amide bonds. The Morgan fingerprint density at radius 2 is 2.12 bits per heavy atom. The zero-order valence-corrected chi connectivity index (χ0v) is 14.8. The first-order valence-electron chi connectivity index (χ1n) is 8.75. The number of anilines is 2. The summed E-state index contributed by atoms with van der Waals surface area (Å²) in [6.07, 6.45) is 1.86. The first kappa shape index (κ1) is 17.7. The van der Waals surface area contributed by atoms with Crippen molar-refractivity contribution >= 4 is 11.4 Å². The van der Waals surface area contributed by atoms with Crippen LogP contribution in [0, 0.1) is 5.92 Å². The molecule has 3 rings (SSSR count). The number of benzene rings is 1. The molecule has 1 aromatic carbocycles. The number of hydrogen-bond acceptors (Lipinski definition) is 7. The van der Waals surface area contributed by atoms with Gasteiger partial charge in [0.2, 0.25) is 5.89 Å². The van der Waals surface area contributed by atoms with E-state index >= 15 is 0 Å². The van der Waals surface area contributed by atoms with Crippen LogP contribution in [0.2, 0.25) is 0 Å². The molecule has 0 radical (unpaired) electrons. The molecule has 0 aliphatic carbocycles. The van der Waals surface area contributed by atoms with Gasteiger partial charge in [-0.05, 0) is 37.8 Å². The lowest BCUT2D eigenvalue weighted by molar-refractivity contribution is 0.109. The predicted molar refractivity (Wildman–Crippen MR) is 95.5 cm³/mol. The zero-order chi connectivity index (χ0) is 17.6. The summed E-state index contributed by atoms with van der Waals surface area (Å²) in [5, 5.41) is 16.6. The number of aromatic nitrogens is 2. The van der Waals surface area contributed by atoms with Gasteiger partial charge in [0.15, 0.2) is 5.82 Å². The monoisotopic (exact) mass is 346 g/mol. The summed E-state index contributed by atoms with van der Waals surface area (Å²) < 4.78 is 10.5. The molecular formula is C18H26N4O3. The van der Waals surface area contributed by atoms with Crippen LogP contribution < -0.4 is 10.2 Å². The van der Waals surface area contributed by atoms with Crippen LogP contribution in [0.1, 0.15) is 37.6 Å². The second-order valence-electron chi connectivity index (χ2n) is 6.41. The van der Waals surface area contributed by atoms with E-state index in [1.165, 1.54) is 5.69 Å². The molecule has 0 spiro atoms. The summed E-state index contributed by atoms with van der Waals surface area (Å²) in [6.45, 7) is 4.55. The molecule has 1 saturated heterocycles. The molecule has 1 aliphatic heterocycles. The molecule has 7 heteroatoms. The molecule has 2 aromatic rings. The van der Waals surface area contributed by atoms with E-state index in [9.17, 15) is 5.11 Å². The van der Waals surface area contributed by atoms with Crippen molar-refractivity contribution in [3.05, 3.63) is 36.0 Å². The van der Waals surface area contributed by atoms with E-state index in [0.717, 1.165) is 31.6 Å². The first-order chi connectivity index (χ1) is 12.2. The number of piperidine rings is 1. The zero-order valence-electron chi connectivity index (χ0n) is 14.8. The Kier molecular flexibility index (Phi) is 5.88. The van der Waals surface area contributed by atoms with Gasteiger partial charge in [0.25, 0.3) is 0 Å². The van der Waals surface area contributed by atoms with Crippen molar-refractivity contribution in [1.29, 1.82) is 0 Å². The SMILES string of the molecule is COC(C)c1noc(CNc2ccccc2N2CCC(CO)CC2)n1. The third-order valence-electron chi connectivity index (χ3n) is 4.75. The van der Waals surface area contributed by atoms with Gasteiger partial charge in [-0.2, -0.15) is 4.98 Å². The van der Waals surface area contributed by atoms with Gasteiger partial charge in [-0.3, -0.25) is 0 Å². The molecule has 2 N–H and O–H groups in total. The number of ether oxygens (including phenoxy) is 1. The molecule has 7 nitrogen and oxygen atoms in total. The Hall–Kier alpha value is -2.12. The number of para-hydroxylation sites is 2. The van der Waals surface area contributed by atoms with Crippen LogP contribution in [-0.2, 0) is 11.3 Å². The van der Waals surface area contributed by atoms with Gasteiger partial charge in [0.1, 0.15) is 6.10 Å². The van der Waals surface area contributed by atoms with Crippen LogP contribution in [0.3, 0.4) is 0 Å². The third-order valence-corrected chi connectivity index (χ3v) is 4.75. The van der Waals surface area contributed by atoms with E-state index in [1.54, 1.807) is 7.11 Å². The maximum Gasteiger partial charge on any atom is 0.246 e. The molecule has 136 valence electrons. The number of nitrogens with zero attached hydrogens (tertiary/aromatic N) is 3. The lowest BCUT2D eigenvalue weighted by Crippen LogP contribution is -2.35. The van der Waals surface area contributed by atoms with Crippen molar-refractivity contribution in [3.63, 3.8) is 0 Å². The Labute approximate surface area is 148 Å². The largest absolute Gasteiger partial charge is 0.396 e. The highest BCUT2D eigenvalue weighted by Gasteiger charge is 2.20. The van der Waals surface area contributed by atoms with Crippen molar-refractivity contribution < 1.29 is 14.4 Å². The smallest absolute Gasteiger partial charge is 0.246 e. The normalized spacial score (nSPS) is 16.8. The summed E-state index contributed by atoms with van der Waals surface area (Å²) in [5.41, 5.74) is 2.22. The standard InChI is InChI=1S/C18H26N4O3/c1-13(24-2)18-20-17(25-21-18)11-19-15-5-3-4-6-16(15)22-9-7-14(12-23)8-10-22/h3-6,13-14,19,23H,7-12H2,1-2H3. The number of nitrogens with one attached hydrogen (secondary N) is 1. The van der Waals surface area contributed by atoms with Crippen molar-refractivity contribution in [2.24, 2.45) is 5.92 Å². The van der Waals surface area contributed by atoms with Crippen LogP contribution in [0.15, 0.2) is 28.8 Å². The van der Waals surface area contributed by atoms with Crippen molar-refractivity contribution in [1.82, 2.24) is 10.1 Å². The topological polar surface area (TPSA) is 83.7 Å². The number of aliphatic hydroxyl groups is 1. The molecule has 25 heavy (non-hydrogen) atoms. The van der Waals surface area contributed by atoms with Gasteiger partial charge in [-0.25, -0.2) is 0 Å². The van der Waals surface area contributed by atoms with Gasteiger partial charge < -0.3 is 24.6 Å². The average molecular weight is 346 g/mol. The molecule has 1 aliphatic rings. The summed E-state index contributed by atoms with van der Waals surface area (Å²) >= 11 is 0. The lowest BCUT2D eigenvalue weighted by atomic mass is 9.97. The highest BCUT2D eigenvalue weighted by Crippen LogP contribution is 2.30. The Bertz CT molecular complexity index is 668. The van der Waals surface area contributed by atoms with E-state index in [-0.39, 0.29) is 12.7 Å². The summed E-state index contributed by atoms with van der Waals surface area (Å²) in [7, 11) is 1.62. The fourth-order valence-corrected chi connectivity index (χ4v) is 3.04. The van der Waals surface area contributed by atoms with Crippen LogP contribution in [-0.4, -0.2) is 42.1 Å². The van der Waals surface area contributed by atoms with Crippen molar-refractivity contribution in [2.45, 2.75) is 32.4 Å². The highest BCUT2D eigenvalue weighted by molar-refractivity contribution is 5.70. The second kappa shape index (κ2) is 8.31. The predicted octanol–water partition coefficient (Wildman–Crippen LogP) is 2.60. The molecule has 0 saturated carbocycles. The molecule has 0 bridgehead atoms. The quantitative estimate of drug-likeness (QED) is 0.797. The van der Waals surface area contributed by atoms with E-state index in [1.807, 2.05) is 19.1 Å². The molecule has 1 atom stereocenters. The highest BCUT2D eigenvalue weighted by atomic mass is 16.5. The van der Waals surface area contributed by atoms with Gasteiger partial charge in [-0.15, -0.1) is 0 Å². The molecule has 1 unspecified atom stereocenters. The maximum absolute atomic E-state index is 9.31. The number of hydrogen-bond donors (Lipinski definition) is 2. The fourth-order valence-electron chi connectivity index (χ4n) is 3.04. The van der Waals surface area contributed by atoms with Gasteiger partial charge >= 0.3 is 0 Å². The molecule has 1 fully saturated rings. The lowest BCUT2D eigenvalue weighted by Gasteiger charge is -2.34. The third kappa shape index (κ3) is 4.29. The first-order valence-corrected chi connectivity index (χ1v) is 8.75. The minimum absolute atomic E-state index is 0.183. The molecular weight excluding hydrogens is 320 g/mol. The Morgan fingerprint density at radius 1 is 1.36 bits per heavy atom. The van der Waals surface area contributed by atoms with Crippen LogP contribution in [0.4, 0.5) is 11.4 Å². The Balaban J connectivity index is 1.64. The molecule has 1 aromatic heterocycles. The van der Waals surface area contributed by atoms with E-state index in [2.05, 4.69) is 32.5 Å². The van der Waals surface area contributed by atoms with E-state index in [0.29, 0.717) is 24.2 Å². The van der Waals surface area contributed by atoms with Gasteiger partial charge in [0, 0.05) is 26.8 Å². The second-order valence-corrected chi connectivity index (χ2v) is 6.41. The summed E-state index contributed by atoms with van der Waals surface area (Å²) in [5.74, 6) is 1.52. The summed E-state index contributed by atoms with van der Waals surface area (Å²) in [4.78, 5) is 6.71. The van der Waals surface area contributed by atoms with Crippen molar-refractivity contribution in [2.75, 3.05) is 37.0 Å². The fraction of sp³-hybridized carbons (Fsp3) is 0.556. The minimum atomic E-state index is -0.183. The maximum atomic E-state index is 9.31. The van der Waals surface area contributed by atoms with Crippen molar-refractivity contribution in [3.8, 4) is 0 Å². The van der Waals surface area contributed by atoms with E-state index in [4.69, 9.17) is 9.26 Å². The van der Waals surface area contributed by atoms with Crippen LogP contribution in [0.5, 0.6) is 0 Å².